The predicted octanol–water partition coefficient (Wildman–Crippen LogP) is 0.823. The quantitative estimate of drug-likeness (QED) is 0.785. The Bertz CT molecular complexity index is 392. The molecule has 94 valence electrons. The van der Waals surface area contributed by atoms with Crippen LogP contribution in [0.3, 0.4) is 0 Å². The van der Waals surface area contributed by atoms with Gasteiger partial charge in [-0.2, -0.15) is 0 Å². The Morgan fingerprint density at radius 3 is 2.59 bits per heavy atom. The molecule has 1 aliphatic heterocycles. The molecule has 2 heterocycles. The second kappa shape index (κ2) is 5.47. The summed E-state index contributed by atoms with van der Waals surface area (Å²) in [5.74, 6) is 0. The van der Waals surface area contributed by atoms with Crippen LogP contribution in [0.1, 0.15) is 21.7 Å². The molecule has 1 fully saturated rings. The lowest BCUT2D eigenvalue weighted by Crippen LogP contribution is -2.44. The number of nitrogens with one attached hydrogen (secondary N) is 1. The van der Waals surface area contributed by atoms with Crippen molar-refractivity contribution in [3.8, 4) is 0 Å². The summed E-state index contributed by atoms with van der Waals surface area (Å²) in [6.45, 7) is 10.6. The van der Waals surface area contributed by atoms with Gasteiger partial charge in [0.15, 0.2) is 6.29 Å². The van der Waals surface area contributed by atoms with E-state index in [1.165, 1.54) is 5.69 Å². The van der Waals surface area contributed by atoms with Crippen molar-refractivity contribution in [1.29, 1.82) is 0 Å². The number of carbonyl (C=O) groups excluding carboxylic acids is 1. The van der Waals surface area contributed by atoms with E-state index in [4.69, 9.17) is 0 Å². The number of hydrogen-bond acceptors (Lipinski definition) is 3. The highest BCUT2D eigenvalue weighted by Crippen LogP contribution is 2.13. The molecule has 1 aliphatic rings. The summed E-state index contributed by atoms with van der Waals surface area (Å²) in [6, 6.07) is 1.97. The van der Waals surface area contributed by atoms with Gasteiger partial charge in [-0.25, -0.2) is 0 Å². The van der Waals surface area contributed by atoms with Gasteiger partial charge in [-0.3, -0.25) is 9.69 Å². The molecule has 17 heavy (non-hydrogen) atoms. The van der Waals surface area contributed by atoms with Crippen molar-refractivity contribution < 1.29 is 4.79 Å². The third kappa shape index (κ3) is 2.76. The molecule has 1 aromatic heterocycles. The zero-order valence-corrected chi connectivity index (χ0v) is 10.7. The van der Waals surface area contributed by atoms with E-state index in [0.29, 0.717) is 0 Å². The molecule has 0 radical (unpaired) electrons. The number of aryl methyl sites for hydroxylation is 1. The Kier molecular flexibility index (Phi) is 3.97. The van der Waals surface area contributed by atoms with E-state index >= 15 is 0 Å². The van der Waals surface area contributed by atoms with Crippen LogP contribution in [-0.2, 0) is 6.54 Å². The minimum Gasteiger partial charge on any atom is -0.347 e. The lowest BCUT2D eigenvalue weighted by molar-refractivity contribution is 0.112. The largest absolute Gasteiger partial charge is 0.347 e. The predicted molar refractivity (Wildman–Crippen MR) is 68.6 cm³/mol. The summed E-state index contributed by atoms with van der Waals surface area (Å²) in [6.07, 6.45) is 0.948. The Morgan fingerprint density at radius 1 is 1.29 bits per heavy atom. The first-order valence-electron chi connectivity index (χ1n) is 6.27. The molecule has 2 rings (SSSR count). The van der Waals surface area contributed by atoms with Crippen LogP contribution in [-0.4, -0.2) is 48.5 Å². The van der Waals surface area contributed by atoms with Gasteiger partial charge in [0.05, 0.1) is 0 Å². The fourth-order valence-electron chi connectivity index (χ4n) is 2.47. The average molecular weight is 235 g/mol. The molecule has 0 spiro atoms. The zero-order chi connectivity index (χ0) is 12.3. The van der Waals surface area contributed by atoms with Gasteiger partial charge in [-0.1, -0.05) is 0 Å². The zero-order valence-electron chi connectivity index (χ0n) is 10.7. The fourth-order valence-corrected chi connectivity index (χ4v) is 2.47. The van der Waals surface area contributed by atoms with Crippen molar-refractivity contribution >= 4 is 6.29 Å². The lowest BCUT2D eigenvalue weighted by atomic mass is 10.3. The molecule has 1 saturated heterocycles. The topological polar surface area (TPSA) is 37.3 Å². The van der Waals surface area contributed by atoms with Crippen LogP contribution in [0.5, 0.6) is 0 Å². The molecule has 4 heteroatoms. The van der Waals surface area contributed by atoms with Gasteiger partial charge in [-0.05, 0) is 19.9 Å². The van der Waals surface area contributed by atoms with Crippen LogP contribution >= 0.6 is 0 Å². The third-order valence-corrected chi connectivity index (χ3v) is 3.59. The molecular weight excluding hydrogens is 214 g/mol. The van der Waals surface area contributed by atoms with E-state index < -0.39 is 0 Å². The number of hydrogen-bond donors (Lipinski definition) is 1. The van der Waals surface area contributed by atoms with Crippen LogP contribution in [0.15, 0.2) is 6.07 Å². The van der Waals surface area contributed by atoms with Gasteiger partial charge >= 0.3 is 0 Å². The van der Waals surface area contributed by atoms with Gasteiger partial charge in [0.2, 0.25) is 0 Å². The molecule has 0 atom stereocenters. The van der Waals surface area contributed by atoms with Crippen molar-refractivity contribution in [2.75, 3.05) is 32.7 Å². The maximum absolute atomic E-state index is 10.9. The maximum Gasteiger partial charge on any atom is 0.151 e. The highest BCUT2D eigenvalue weighted by atomic mass is 16.1. The number of piperazine rings is 1. The fraction of sp³-hybridized carbons (Fsp3) is 0.615. The number of aromatic nitrogens is 1. The van der Waals surface area contributed by atoms with Crippen molar-refractivity contribution in [1.82, 2.24) is 14.8 Å². The summed E-state index contributed by atoms with van der Waals surface area (Å²) in [7, 11) is 0. The number of carbonyl (C=O) groups is 1. The first kappa shape index (κ1) is 12.3. The van der Waals surface area contributed by atoms with Crippen LogP contribution in [0.4, 0.5) is 0 Å². The molecule has 0 saturated carbocycles. The number of rotatable bonds is 4. The molecule has 0 aromatic carbocycles. The van der Waals surface area contributed by atoms with E-state index in [-0.39, 0.29) is 0 Å². The Labute approximate surface area is 103 Å². The number of nitrogens with zero attached hydrogens (tertiary/aromatic N) is 2. The first-order valence-corrected chi connectivity index (χ1v) is 6.27. The van der Waals surface area contributed by atoms with Crippen LogP contribution < -0.4 is 5.32 Å². The minimum atomic E-state index is 0.822. The van der Waals surface area contributed by atoms with Crippen molar-refractivity contribution in [3.05, 3.63) is 23.0 Å². The van der Waals surface area contributed by atoms with Gasteiger partial charge in [0, 0.05) is 56.2 Å². The smallest absolute Gasteiger partial charge is 0.151 e. The molecule has 0 bridgehead atoms. The van der Waals surface area contributed by atoms with Crippen molar-refractivity contribution in [2.24, 2.45) is 0 Å². The van der Waals surface area contributed by atoms with Gasteiger partial charge in [0.1, 0.15) is 0 Å². The molecule has 4 nitrogen and oxygen atoms in total. The summed E-state index contributed by atoms with van der Waals surface area (Å²) < 4.78 is 2.24. The SMILES string of the molecule is Cc1cc(C=O)c(C)n1CCN1CCNCC1. The molecule has 0 aliphatic carbocycles. The molecule has 1 aromatic rings. The summed E-state index contributed by atoms with van der Waals surface area (Å²) in [5.41, 5.74) is 3.09. The van der Waals surface area contributed by atoms with Crippen LogP contribution in [0.25, 0.3) is 0 Å². The van der Waals surface area contributed by atoms with Gasteiger partial charge < -0.3 is 9.88 Å². The highest BCUT2D eigenvalue weighted by Gasteiger charge is 2.12. The second-order valence-corrected chi connectivity index (χ2v) is 4.69. The molecular formula is C13H21N3O. The van der Waals surface area contributed by atoms with E-state index in [0.717, 1.165) is 56.8 Å². The van der Waals surface area contributed by atoms with Crippen molar-refractivity contribution in [2.45, 2.75) is 20.4 Å². The lowest BCUT2D eigenvalue weighted by Gasteiger charge is -2.27. The van der Waals surface area contributed by atoms with E-state index in [2.05, 4.69) is 21.7 Å². The van der Waals surface area contributed by atoms with Crippen LogP contribution in [0.2, 0.25) is 0 Å². The van der Waals surface area contributed by atoms with E-state index in [9.17, 15) is 4.79 Å². The van der Waals surface area contributed by atoms with Crippen LogP contribution in [0, 0.1) is 13.8 Å². The Balaban J connectivity index is 1.98. The maximum atomic E-state index is 10.9. The monoisotopic (exact) mass is 235 g/mol. The highest BCUT2D eigenvalue weighted by molar-refractivity contribution is 5.77. The Hall–Kier alpha value is -1.13. The van der Waals surface area contributed by atoms with E-state index in [1.807, 2.05) is 13.0 Å². The third-order valence-electron chi connectivity index (χ3n) is 3.59. The molecule has 1 N–H and O–H groups in total. The van der Waals surface area contributed by atoms with Gasteiger partial charge in [0.25, 0.3) is 0 Å². The normalized spacial score (nSPS) is 17.3. The standard InChI is InChI=1S/C13H21N3O/c1-11-9-13(10-17)12(2)16(11)8-7-15-5-3-14-4-6-15/h9-10,14H,3-8H2,1-2H3. The minimum absolute atomic E-state index is 0.822. The average Bonchev–Trinajstić information content (AvgIpc) is 2.63. The number of aldehydes is 1. The van der Waals surface area contributed by atoms with Crippen molar-refractivity contribution in [3.63, 3.8) is 0 Å². The molecule has 0 unspecified atom stereocenters. The summed E-state index contributed by atoms with van der Waals surface area (Å²) >= 11 is 0. The second-order valence-electron chi connectivity index (χ2n) is 4.69. The van der Waals surface area contributed by atoms with E-state index in [1.54, 1.807) is 0 Å². The Morgan fingerprint density at radius 2 is 2.00 bits per heavy atom. The summed E-state index contributed by atoms with van der Waals surface area (Å²) in [5, 5.41) is 3.35. The van der Waals surface area contributed by atoms with Gasteiger partial charge in [-0.15, -0.1) is 0 Å². The first-order chi connectivity index (χ1) is 8.22. The summed E-state index contributed by atoms with van der Waals surface area (Å²) in [4.78, 5) is 13.3. The molecule has 0 amide bonds.